The Bertz CT molecular complexity index is 746. The van der Waals surface area contributed by atoms with Gasteiger partial charge in [0.15, 0.2) is 5.16 Å². The number of hydrogen-bond donors (Lipinski definition) is 1. The van der Waals surface area contributed by atoms with E-state index in [1.54, 1.807) is 24.3 Å². The molecule has 0 radical (unpaired) electrons. The van der Waals surface area contributed by atoms with Crippen molar-refractivity contribution >= 4 is 40.9 Å². The third kappa shape index (κ3) is 4.49. The van der Waals surface area contributed by atoms with E-state index in [9.17, 15) is 4.79 Å². The Morgan fingerprint density at radius 3 is 2.65 bits per heavy atom. The summed E-state index contributed by atoms with van der Waals surface area (Å²) in [5.41, 5.74) is 0.720. The first kappa shape index (κ1) is 19.0. The summed E-state index contributed by atoms with van der Waals surface area (Å²) in [7, 11) is 0. The fourth-order valence-electron chi connectivity index (χ4n) is 2.63. The number of carbonyl (C=O) groups excluding carboxylic acids is 1. The van der Waals surface area contributed by atoms with Gasteiger partial charge in [-0.05, 0) is 38.1 Å². The second kappa shape index (κ2) is 8.75. The molecule has 1 N–H and O–H groups in total. The van der Waals surface area contributed by atoms with E-state index in [0.29, 0.717) is 18.2 Å². The van der Waals surface area contributed by atoms with Gasteiger partial charge in [0.05, 0.1) is 18.5 Å². The number of rotatable bonds is 6. The highest BCUT2D eigenvalue weighted by atomic mass is 35.5. The zero-order valence-corrected chi connectivity index (χ0v) is 16.4. The summed E-state index contributed by atoms with van der Waals surface area (Å²) >= 11 is 7.27. The molecule has 1 amide bonds. The van der Waals surface area contributed by atoms with E-state index in [1.807, 2.05) is 11.5 Å². The molecule has 1 aliphatic heterocycles. The van der Waals surface area contributed by atoms with Crippen molar-refractivity contribution in [2.45, 2.75) is 30.8 Å². The van der Waals surface area contributed by atoms with Crippen LogP contribution in [0.3, 0.4) is 0 Å². The van der Waals surface area contributed by atoms with Gasteiger partial charge in [0.2, 0.25) is 11.9 Å². The Kier molecular flexibility index (Phi) is 6.39. The number of ether oxygens (including phenoxy) is 1. The van der Waals surface area contributed by atoms with E-state index in [2.05, 4.69) is 27.3 Å². The minimum Gasteiger partial charge on any atom is -0.378 e. The Balaban J connectivity index is 1.66. The molecule has 1 aromatic carbocycles. The Hall–Kier alpha value is -1.77. The van der Waals surface area contributed by atoms with Gasteiger partial charge < -0.3 is 15.0 Å². The van der Waals surface area contributed by atoms with Crippen molar-refractivity contribution in [3.05, 3.63) is 29.3 Å². The van der Waals surface area contributed by atoms with Gasteiger partial charge in [0.1, 0.15) is 0 Å². The number of nitrogens with zero attached hydrogens (tertiary/aromatic N) is 4. The van der Waals surface area contributed by atoms with Crippen molar-refractivity contribution in [1.29, 1.82) is 0 Å². The quantitative estimate of drug-likeness (QED) is 0.758. The molecule has 7 nitrogen and oxygen atoms in total. The van der Waals surface area contributed by atoms with E-state index < -0.39 is 0 Å². The molecule has 1 aliphatic rings. The Labute approximate surface area is 162 Å². The molecule has 0 unspecified atom stereocenters. The number of halogens is 1. The van der Waals surface area contributed by atoms with Crippen LogP contribution in [0, 0.1) is 0 Å². The predicted octanol–water partition coefficient (Wildman–Crippen LogP) is 2.91. The van der Waals surface area contributed by atoms with Gasteiger partial charge in [0.25, 0.3) is 0 Å². The molecule has 1 aromatic heterocycles. The van der Waals surface area contributed by atoms with E-state index in [0.717, 1.165) is 36.4 Å². The fraction of sp³-hybridized carbons (Fsp3) is 0.471. The monoisotopic (exact) mass is 395 g/mol. The number of benzene rings is 1. The number of amides is 1. The van der Waals surface area contributed by atoms with Gasteiger partial charge in [-0.1, -0.05) is 23.4 Å². The number of hydrogen-bond acceptors (Lipinski definition) is 6. The maximum absolute atomic E-state index is 12.5. The molecule has 1 saturated heterocycles. The lowest BCUT2D eigenvalue weighted by Gasteiger charge is -2.27. The van der Waals surface area contributed by atoms with Crippen molar-refractivity contribution in [2.24, 2.45) is 0 Å². The largest absolute Gasteiger partial charge is 0.378 e. The average molecular weight is 396 g/mol. The summed E-state index contributed by atoms with van der Waals surface area (Å²) in [6, 6.07) is 7.06. The molecule has 0 bridgehead atoms. The molecule has 0 spiro atoms. The number of aromatic nitrogens is 3. The highest BCUT2D eigenvalue weighted by molar-refractivity contribution is 8.00. The van der Waals surface area contributed by atoms with Crippen molar-refractivity contribution in [1.82, 2.24) is 14.8 Å². The van der Waals surface area contributed by atoms with Crippen molar-refractivity contribution < 1.29 is 9.53 Å². The maximum Gasteiger partial charge on any atom is 0.237 e. The van der Waals surface area contributed by atoms with Crippen LogP contribution in [0.15, 0.2) is 29.4 Å². The normalized spacial score (nSPS) is 15.7. The lowest BCUT2D eigenvalue weighted by molar-refractivity contribution is -0.115. The molecular formula is C17H22ClN5O2S. The van der Waals surface area contributed by atoms with E-state index in [1.165, 1.54) is 11.8 Å². The number of morpholine rings is 1. The smallest absolute Gasteiger partial charge is 0.237 e. The molecule has 3 rings (SSSR count). The molecule has 2 aromatic rings. The van der Waals surface area contributed by atoms with Crippen LogP contribution in [0.2, 0.25) is 5.02 Å². The lowest BCUT2D eigenvalue weighted by Crippen LogP contribution is -2.38. The second-order valence-corrected chi connectivity index (χ2v) is 7.63. The molecule has 0 aliphatic carbocycles. The van der Waals surface area contributed by atoms with Crippen LogP contribution < -0.4 is 10.2 Å². The van der Waals surface area contributed by atoms with Gasteiger partial charge in [-0.2, -0.15) is 0 Å². The first-order valence-corrected chi connectivity index (χ1v) is 9.83. The lowest BCUT2D eigenvalue weighted by atomic mass is 10.3. The topological polar surface area (TPSA) is 72.3 Å². The van der Waals surface area contributed by atoms with Crippen LogP contribution in [-0.4, -0.2) is 52.2 Å². The van der Waals surface area contributed by atoms with Crippen LogP contribution >= 0.6 is 23.4 Å². The van der Waals surface area contributed by atoms with E-state index >= 15 is 0 Å². The molecule has 1 atom stereocenters. The van der Waals surface area contributed by atoms with Crippen molar-refractivity contribution in [3.63, 3.8) is 0 Å². The molecule has 0 saturated carbocycles. The van der Waals surface area contributed by atoms with Gasteiger partial charge in [-0.15, -0.1) is 10.2 Å². The molecule has 26 heavy (non-hydrogen) atoms. The van der Waals surface area contributed by atoms with Crippen LogP contribution in [0.4, 0.5) is 11.6 Å². The minimum atomic E-state index is -0.308. The van der Waals surface area contributed by atoms with Gasteiger partial charge in [-0.25, -0.2) is 0 Å². The summed E-state index contributed by atoms with van der Waals surface area (Å²) in [6.07, 6.45) is 0. The highest BCUT2D eigenvalue weighted by Crippen LogP contribution is 2.27. The molecular weight excluding hydrogens is 374 g/mol. The number of carbonyl (C=O) groups is 1. The van der Waals surface area contributed by atoms with E-state index in [4.69, 9.17) is 16.3 Å². The number of nitrogens with one attached hydrogen (secondary N) is 1. The molecule has 140 valence electrons. The van der Waals surface area contributed by atoms with Gasteiger partial charge in [0, 0.05) is 30.3 Å². The maximum atomic E-state index is 12.5. The summed E-state index contributed by atoms with van der Waals surface area (Å²) in [4.78, 5) is 14.6. The Morgan fingerprint density at radius 2 is 2.00 bits per heavy atom. The predicted molar refractivity (Wildman–Crippen MR) is 104 cm³/mol. The zero-order valence-electron chi connectivity index (χ0n) is 14.8. The van der Waals surface area contributed by atoms with Crippen molar-refractivity contribution in [2.75, 3.05) is 36.5 Å². The van der Waals surface area contributed by atoms with Crippen LogP contribution in [0.25, 0.3) is 0 Å². The summed E-state index contributed by atoms with van der Waals surface area (Å²) in [5.74, 6) is 0.750. The average Bonchev–Trinajstić information content (AvgIpc) is 3.06. The first-order valence-electron chi connectivity index (χ1n) is 8.57. The summed E-state index contributed by atoms with van der Waals surface area (Å²) in [5, 5.41) is 12.6. The fourth-order valence-corrected chi connectivity index (χ4v) is 3.67. The van der Waals surface area contributed by atoms with Crippen LogP contribution in [0.1, 0.15) is 13.8 Å². The molecule has 2 heterocycles. The zero-order chi connectivity index (χ0) is 18.5. The van der Waals surface area contributed by atoms with E-state index in [-0.39, 0.29) is 11.2 Å². The Morgan fingerprint density at radius 1 is 1.31 bits per heavy atom. The molecule has 1 fully saturated rings. The highest BCUT2D eigenvalue weighted by Gasteiger charge is 2.23. The second-order valence-electron chi connectivity index (χ2n) is 5.88. The van der Waals surface area contributed by atoms with Crippen molar-refractivity contribution in [3.8, 4) is 0 Å². The number of anilines is 2. The standard InChI is InChI=1S/C17H22ClN5O2S/c1-3-23-16(22-8-10-25-11-9-22)20-21-17(23)26-12(2)15(24)19-14-6-4-13(18)5-7-14/h4-7,12H,3,8-11H2,1-2H3,(H,19,24)/t12-/m0/s1. The van der Waals surface area contributed by atoms with Crippen LogP contribution in [-0.2, 0) is 16.1 Å². The first-order chi connectivity index (χ1) is 12.6. The van der Waals surface area contributed by atoms with Crippen LogP contribution in [0.5, 0.6) is 0 Å². The molecule has 9 heteroatoms. The summed E-state index contributed by atoms with van der Waals surface area (Å²) < 4.78 is 7.44. The van der Waals surface area contributed by atoms with Gasteiger partial charge in [-0.3, -0.25) is 9.36 Å². The number of thioether (sulfide) groups is 1. The third-order valence-corrected chi connectivity index (χ3v) is 5.40. The minimum absolute atomic E-state index is 0.0871. The third-order valence-electron chi connectivity index (χ3n) is 4.07. The summed E-state index contributed by atoms with van der Waals surface area (Å²) in [6.45, 7) is 7.64. The SMILES string of the molecule is CCn1c(S[C@@H](C)C(=O)Nc2ccc(Cl)cc2)nnc1N1CCOCC1. The van der Waals surface area contributed by atoms with Gasteiger partial charge >= 0.3 is 0 Å².